The van der Waals surface area contributed by atoms with E-state index in [1.807, 2.05) is 6.92 Å². The quantitative estimate of drug-likeness (QED) is 0.799. The summed E-state index contributed by atoms with van der Waals surface area (Å²) < 4.78 is 1.33. The molecule has 0 aliphatic carbocycles. The van der Waals surface area contributed by atoms with Crippen LogP contribution in [0.5, 0.6) is 0 Å². The van der Waals surface area contributed by atoms with Gasteiger partial charge in [0.1, 0.15) is 6.54 Å². The molecule has 1 unspecified atom stereocenters. The maximum atomic E-state index is 12.6. The number of anilines is 1. The summed E-state index contributed by atoms with van der Waals surface area (Å²) in [7, 11) is 0. The van der Waals surface area contributed by atoms with E-state index in [1.54, 1.807) is 41.4 Å². The van der Waals surface area contributed by atoms with Crippen molar-refractivity contribution in [2.45, 2.75) is 26.3 Å². The Bertz CT molecular complexity index is 981. The second-order valence-electron chi connectivity index (χ2n) is 7.23. The Labute approximate surface area is 167 Å². The van der Waals surface area contributed by atoms with Gasteiger partial charge in [0.05, 0.1) is 5.92 Å². The molecule has 152 valence electrons. The van der Waals surface area contributed by atoms with Crippen molar-refractivity contribution in [1.82, 2.24) is 9.47 Å². The second kappa shape index (κ2) is 8.72. The molecule has 1 saturated heterocycles. The first-order valence-corrected chi connectivity index (χ1v) is 9.42. The summed E-state index contributed by atoms with van der Waals surface area (Å²) in [6, 6.07) is 9.53. The average Bonchev–Trinajstić information content (AvgIpc) is 2.71. The average molecular weight is 397 g/mol. The number of hydrogen-bond acceptors (Lipinski definition) is 4. The van der Waals surface area contributed by atoms with E-state index < -0.39 is 11.9 Å². The van der Waals surface area contributed by atoms with Crippen LogP contribution < -0.4 is 10.9 Å². The van der Waals surface area contributed by atoms with Crippen molar-refractivity contribution in [2.75, 3.05) is 18.4 Å². The van der Waals surface area contributed by atoms with Gasteiger partial charge < -0.3 is 19.9 Å². The van der Waals surface area contributed by atoms with E-state index in [1.165, 1.54) is 10.6 Å². The van der Waals surface area contributed by atoms with Crippen molar-refractivity contribution in [1.29, 1.82) is 0 Å². The molecule has 1 fully saturated rings. The van der Waals surface area contributed by atoms with Gasteiger partial charge in [-0.25, -0.2) is 0 Å². The van der Waals surface area contributed by atoms with Gasteiger partial charge in [0.15, 0.2) is 0 Å². The molecule has 3 rings (SSSR count). The van der Waals surface area contributed by atoms with E-state index in [9.17, 15) is 19.2 Å². The number of pyridine rings is 1. The first kappa shape index (κ1) is 20.3. The fourth-order valence-electron chi connectivity index (χ4n) is 3.37. The molecule has 2 heterocycles. The van der Waals surface area contributed by atoms with Crippen molar-refractivity contribution in [2.24, 2.45) is 5.92 Å². The number of carbonyl (C=O) groups is 3. The van der Waals surface area contributed by atoms with Gasteiger partial charge in [-0.2, -0.15) is 0 Å². The number of carbonyl (C=O) groups excluding carboxylic acids is 2. The monoisotopic (exact) mass is 397 g/mol. The van der Waals surface area contributed by atoms with Crippen LogP contribution in [-0.2, 0) is 16.1 Å². The van der Waals surface area contributed by atoms with Gasteiger partial charge in [-0.3, -0.25) is 19.2 Å². The van der Waals surface area contributed by atoms with Gasteiger partial charge in [0.2, 0.25) is 5.91 Å². The molecular weight excluding hydrogens is 374 g/mol. The number of aromatic nitrogens is 1. The van der Waals surface area contributed by atoms with E-state index >= 15 is 0 Å². The van der Waals surface area contributed by atoms with E-state index in [0.717, 1.165) is 5.56 Å². The number of carboxylic acids is 1. The van der Waals surface area contributed by atoms with Gasteiger partial charge in [-0.05, 0) is 49.6 Å². The number of benzene rings is 1. The molecule has 1 aliphatic heterocycles. The first-order valence-electron chi connectivity index (χ1n) is 9.42. The lowest BCUT2D eigenvalue weighted by Gasteiger charge is -2.30. The highest BCUT2D eigenvalue weighted by Crippen LogP contribution is 2.19. The topological polar surface area (TPSA) is 109 Å². The summed E-state index contributed by atoms with van der Waals surface area (Å²) >= 11 is 0. The summed E-state index contributed by atoms with van der Waals surface area (Å²) in [5.41, 5.74) is 1.56. The molecule has 1 aliphatic rings. The third-order valence-electron chi connectivity index (χ3n) is 4.92. The van der Waals surface area contributed by atoms with Crippen LogP contribution in [0.1, 0.15) is 28.8 Å². The Hall–Kier alpha value is -3.42. The minimum Gasteiger partial charge on any atom is -0.481 e. The van der Waals surface area contributed by atoms with Gasteiger partial charge >= 0.3 is 5.97 Å². The summed E-state index contributed by atoms with van der Waals surface area (Å²) in [5, 5.41) is 11.9. The van der Waals surface area contributed by atoms with E-state index in [-0.39, 0.29) is 30.5 Å². The lowest BCUT2D eigenvalue weighted by atomic mass is 9.97. The van der Waals surface area contributed by atoms with Crippen LogP contribution in [0.4, 0.5) is 5.69 Å². The van der Waals surface area contributed by atoms with Gasteiger partial charge in [-0.15, -0.1) is 0 Å². The number of hydrogen-bond donors (Lipinski definition) is 2. The molecule has 2 amide bonds. The number of rotatable bonds is 5. The lowest BCUT2D eigenvalue weighted by Crippen LogP contribution is -2.42. The zero-order valence-electron chi connectivity index (χ0n) is 16.1. The smallest absolute Gasteiger partial charge is 0.308 e. The molecular formula is C21H23N3O5. The summed E-state index contributed by atoms with van der Waals surface area (Å²) in [6.45, 7) is 2.47. The van der Waals surface area contributed by atoms with Crippen molar-refractivity contribution in [3.63, 3.8) is 0 Å². The normalized spacial score (nSPS) is 16.3. The fraction of sp³-hybridized carbons (Fsp3) is 0.333. The number of aryl methyl sites for hydroxylation is 1. The van der Waals surface area contributed by atoms with Crippen molar-refractivity contribution in [3.05, 3.63) is 64.1 Å². The fourth-order valence-corrected chi connectivity index (χ4v) is 3.37. The predicted molar refractivity (Wildman–Crippen MR) is 107 cm³/mol. The zero-order valence-corrected chi connectivity index (χ0v) is 16.1. The third kappa shape index (κ3) is 5.10. The standard InChI is InChI=1S/C21H23N3O5/c1-14-4-9-19(26)24(11-14)13-18(25)22-17-7-5-15(6-8-17)20(27)23-10-2-3-16(12-23)21(28)29/h4-9,11,16H,2-3,10,12-13H2,1H3,(H,22,25)(H,28,29). The Morgan fingerprint density at radius 1 is 1.14 bits per heavy atom. The minimum atomic E-state index is -0.881. The zero-order chi connectivity index (χ0) is 21.0. The second-order valence-corrected chi connectivity index (χ2v) is 7.23. The molecule has 1 atom stereocenters. The molecule has 8 nitrogen and oxygen atoms in total. The Kier molecular flexibility index (Phi) is 6.11. The Morgan fingerprint density at radius 3 is 2.55 bits per heavy atom. The van der Waals surface area contributed by atoms with Gasteiger partial charge in [0.25, 0.3) is 11.5 Å². The maximum absolute atomic E-state index is 12.6. The van der Waals surface area contributed by atoms with Crippen LogP contribution in [-0.4, -0.2) is 45.4 Å². The lowest BCUT2D eigenvalue weighted by molar-refractivity contribution is -0.143. The molecule has 1 aromatic carbocycles. The van der Waals surface area contributed by atoms with Crippen LogP contribution in [0.25, 0.3) is 0 Å². The maximum Gasteiger partial charge on any atom is 0.308 e. The van der Waals surface area contributed by atoms with E-state index in [4.69, 9.17) is 5.11 Å². The molecule has 0 spiro atoms. The largest absolute Gasteiger partial charge is 0.481 e. The Balaban J connectivity index is 1.61. The summed E-state index contributed by atoms with van der Waals surface area (Å²) in [5.74, 6) is -1.98. The number of likely N-dealkylation sites (tertiary alicyclic amines) is 1. The number of aliphatic carboxylic acids is 1. The van der Waals surface area contributed by atoms with Crippen LogP contribution >= 0.6 is 0 Å². The number of carboxylic acid groups (broad SMARTS) is 1. The highest BCUT2D eigenvalue weighted by molar-refractivity contribution is 5.96. The van der Waals surface area contributed by atoms with Crippen LogP contribution in [0, 0.1) is 12.8 Å². The molecule has 0 saturated carbocycles. The minimum absolute atomic E-state index is 0.106. The number of nitrogens with zero attached hydrogens (tertiary/aromatic N) is 2. The third-order valence-corrected chi connectivity index (χ3v) is 4.92. The number of nitrogens with one attached hydrogen (secondary N) is 1. The van der Waals surface area contributed by atoms with Crippen molar-refractivity contribution >= 4 is 23.5 Å². The molecule has 8 heteroatoms. The molecule has 29 heavy (non-hydrogen) atoms. The SMILES string of the molecule is Cc1ccc(=O)n(CC(=O)Nc2ccc(C(=O)N3CCCC(C(=O)O)C3)cc2)c1. The summed E-state index contributed by atoms with van der Waals surface area (Å²) in [4.78, 5) is 49.4. The van der Waals surface area contributed by atoms with Crippen molar-refractivity contribution in [3.8, 4) is 0 Å². The number of piperidine rings is 1. The molecule has 2 N–H and O–H groups in total. The molecule has 1 aromatic heterocycles. The summed E-state index contributed by atoms with van der Waals surface area (Å²) in [6.07, 6.45) is 2.86. The predicted octanol–water partition coefficient (Wildman–Crippen LogP) is 1.73. The van der Waals surface area contributed by atoms with Gasteiger partial charge in [0, 0.05) is 36.6 Å². The van der Waals surface area contributed by atoms with Gasteiger partial charge in [-0.1, -0.05) is 6.07 Å². The molecule has 2 aromatic rings. The van der Waals surface area contributed by atoms with Crippen molar-refractivity contribution < 1.29 is 19.5 Å². The Morgan fingerprint density at radius 2 is 1.86 bits per heavy atom. The molecule has 0 radical (unpaired) electrons. The highest BCUT2D eigenvalue weighted by atomic mass is 16.4. The molecule has 0 bridgehead atoms. The first-order chi connectivity index (χ1) is 13.8. The van der Waals surface area contributed by atoms with E-state index in [0.29, 0.717) is 30.6 Å². The number of amides is 2. The van der Waals surface area contributed by atoms with E-state index in [2.05, 4.69) is 5.32 Å². The van der Waals surface area contributed by atoms with Crippen LogP contribution in [0.15, 0.2) is 47.4 Å². The highest BCUT2D eigenvalue weighted by Gasteiger charge is 2.28. The van der Waals surface area contributed by atoms with Crippen LogP contribution in [0.2, 0.25) is 0 Å². The van der Waals surface area contributed by atoms with Crippen LogP contribution in [0.3, 0.4) is 0 Å².